The van der Waals surface area contributed by atoms with E-state index in [0.29, 0.717) is 0 Å². The average molecular weight is 924 g/mol. The zero-order chi connectivity index (χ0) is 49.3. The topological polar surface area (TPSA) is 26.2 Å². The molecular weight excluding hydrogens is 862 g/mol. The lowest BCUT2D eigenvalue weighted by Crippen LogP contribution is -2.56. The minimum absolute atomic E-state index is 0.00347. The fourth-order valence-electron chi connectivity index (χ4n) is 12.0. The molecule has 0 bridgehead atoms. The Bertz CT molecular complexity index is 4000. The predicted octanol–water partition coefficient (Wildman–Crippen LogP) is 16.9. The van der Waals surface area contributed by atoms with Crippen molar-refractivity contribution in [2.45, 2.75) is 105 Å². The second kappa shape index (κ2) is 14.7. The molecule has 0 unspecified atom stereocenters. The van der Waals surface area contributed by atoms with Gasteiger partial charge in [-0.25, -0.2) is 0 Å². The van der Waals surface area contributed by atoms with Crippen molar-refractivity contribution in [3.05, 3.63) is 180 Å². The summed E-state index contributed by atoms with van der Waals surface area (Å²) in [6.45, 7) is 27.6. The molecule has 4 nitrogen and oxygen atoms in total. The van der Waals surface area contributed by atoms with Gasteiger partial charge in [-0.1, -0.05) is 174 Å². The Morgan fingerprint density at radius 2 is 1.06 bits per heavy atom. The number of hydrogen-bond acceptors (Lipinski definition) is 2. The van der Waals surface area contributed by atoms with Gasteiger partial charge in [0.15, 0.2) is 0 Å². The lowest BCUT2D eigenvalue weighted by molar-refractivity contribution is 0.590. The van der Waals surface area contributed by atoms with E-state index < -0.39 is 0 Å². The van der Waals surface area contributed by atoms with Gasteiger partial charge in [0.2, 0.25) is 0 Å². The van der Waals surface area contributed by atoms with E-state index in [1.54, 1.807) is 0 Å². The van der Waals surface area contributed by atoms with Crippen molar-refractivity contribution < 1.29 is 4.42 Å². The molecule has 0 radical (unpaired) electrons. The first-order valence-electron chi connectivity index (χ1n) is 25.6. The molecule has 350 valence electrons. The van der Waals surface area contributed by atoms with Crippen LogP contribution < -0.4 is 16.0 Å². The molecule has 13 rings (SSSR count). The van der Waals surface area contributed by atoms with Crippen molar-refractivity contribution in [3.63, 3.8) is 0 Å². The number of rotatable bonds is 3. The zero-order valence-electron chi connectivity index (χ0n) is 43.3. The van der Waals surface area contributed by atoms with Crippen LogP contribution in [0.2, 0.25) is 0 Å². The predicted molar refractivity (Wildman–Crippen MR) is 304 cm³/mol. The minimum Gasteiger partial charge on any atom is -0.466 e. The van der Waals surface area contributed by atoms with Crippen LogP contribution in [0.5, 0.6) is 0 Å². The number of para-hydroxylation sites is 2. The van der Waals surface area contributed by atoms with Crippen molar-refractivity contribution in [3.8, 4) is 27.9 Å². The first-order valence-corrected chi connectivity index (χ1v) is 25.6. The van der Waals surface area contributed by atoms with Gasteiger partial charge in [-0.3, -0.25) is 0 Å². The Kier molecular flexibility index (Phi) is 9.04. The van der Waals surface area contributed by atoms with Crippen molar-refractivity contribution in [1.82, 2.24) is 9.05 Å². The van der Waals surface area contributed by atoms with E-state index in [2.05, 4.69) is 255 Å². The van der Waals surface area contributed by atoms with Crippen LogP contribution in [0.25, 0.3) is 82.5 Å². The molecule has 3 aromatic heterocycles. The van der Waals surface area contributed by atoms with Crippen LogP contribution in [0.3, 0.4) is 0 Å². The second-order valence-corrected chi connectivity index (χ2v) is 24.7. The van der Waals surface area contributed by atoms with Crippen LogP contribution >= 0.6 is 0 Å². The SMILES string of the molecule is CC(C)(C)c1ccc(-c2ccc3oc4c(c3c2)N(c2ccc(C(C)(C)C)cc2)c2cc(C(C)(C)C)cc3c2B4n2c4ccc(C(C)(C)C)cc4c4cc5c(c-3c42)c2ccccc2n5-c2ccccc2)cc1. The van der Waals surface area contributed by atoms with Gasteiger partial charge in [0.05, 0.1) is 16.7 Å². The first kappa shape index (κ1) is 43.8. The Balaban J connectivity index is 1.21. The number of fused-ring (bicyclic) bond motifs is 13. The Labute approximate surface area is 418 Å². The molecule has 5 heteroatoms. The summed E-state index contributed by atoms with van der Waals surface area (Å²) in [7, 11) is 0. The van der Waals surface area contributed by atoms with Crippen molar-refractivity contribution in [1.29, 1.82) is 0 Å². The van der Waals surface area contributed by atoms with E-state index in [4.69, 9.17) is 4.42 Å². The summed E-state index contributed by atoms with van der Waals surface area (Å²) in [6, 6.07) is 60.1. The van der Waals surface area contributed by atoms with Crippen molar-refractivity contribution in [2.24, 2.45) is 0 Å². The summed E-state index contributed by atoms with van der Waals surface area (Å²) >= 11 is 0. The monoisotopic (exact) mass is 923 g/mol. The highest BCUT2D eigenvalue weighted by molar-refractivity contribution is 6.89. The number of hydrogen-bond donors (Lipinski definition) is 0. The molecule has 0 saturated carbocycles. The third kappa shape index (κ3) is 6.44. The highest BCUT2D eigenvalue weighted by atomic mass is 16.3. The fourth-order valence-corrected chi connectivity index (χ4v) is 12.0. The summed E-state index contributed by atoms with van der Waals surface area (Å²) < 4.78 is 12.7. The van der Waals surface area contributed by atoms with Gasteiger partial charge in [-0.2, -0.15) is 0 Å². The number of aromatic nitrogens is 2. The van der Waals surface area contributed by atoms with Gasteiger partial charge in [-0.05, 0) is 133 Å². The molecule has 5 heterocycles. The standard InChI is InChI=1S/C66H62BN3O/c1-63(2,3)41-25-22-39(23-26-41)40-24-33-56-50(34-40)61-62(71-56)67-59-51(36-44(66(10,11)12)37-55(59)69(61)46-30-27-42(28-31-46)64(4,5)6)58-57-47-20-16-17-21-52(47)68(45-18-14-13-15-19-45)54(57)38-49-48-35-43(65(7,8)9)29-32-53(48)70(67)60(49)58/h13-38H,1-12H3. The van der Waals surface area contributed by atoms with Crippen LogP contribution in [-0.2, 0) is 21.7 Å². The highest BCUT2D eigenvalue weighted by Crippen LogP contribution is 2.53. The normalized spacial score (nSPS) is 13.9. The van der Waals surface area contributed by atoms with Crippen LogP contribution in [-0.4, -0.2) is 15.9 Å². The molecule has 0 atom stereocenters. The van der Waals surface area contributed by atoms with Crippen LogP contribution in [0.1, 0.15) is 105 Å². The van der Waals surface area contributed by atoms with E-state index >= 15 is 0 Å². The van der Waals surface area contributed by atoms with Crippen LogP contribution in [0.15, 0.2) is 162 Å². The molecule has 2 aliphatic heterocycles. The maximum absolute atomic E-state index is 7.52. The lowest BCUT2D eigenvalue weighted by atomic mass is 9.47. The van der Waals surface area contributed by atoms with Gasteiger partial charge in [0.1, 0.15) is 11.2 Å². The summed E-state index contributed by atoms with van der Waals surface area (Å²) in [5, 5.41) is 6.18. The molecule has 0 saturated heterocycles. The van der Waals surface area contributed by atoms with Gasteiger partial charge < -0.3 is 18.4 Å². The fraction of sp³-hybridized carbons (Fsp3) is 0.242. The van der Waals surface area contributed by atoms with E-state index in [-0.39, 0.29) is 28.5 Å². The molecule has 0 N–H and O–H groups in total. The highest BCUT2D eigenvalue weighted by Gasteiger charge is 2.48. The van der Waals surface area contributed by atoms with Gasteiger partial charge in [-0.15, -0.1) is 0 Å². The number of furan rings is 1. The average Bonchev–Trinajstić information content (AvgIpc) is 3.99. The minimum atomic E-state index is -0.246. The second-order valence-electron chi connectivity index (χ2n) is 24.7. The number of nitrogens with zero attached hydrogens (tertiary/aromatic N) is 3. The molecular formula is C66H62BN3O. The van der Waals surface area contributed by atoms with Gasteiger partial charge in [0.25, 0.3) is 0 Å². The zero-order valence-corrected chi connectivity index (χ0v) is 43.3. The number of anilines is 3. The summed E-state index contributed by atoms with van der Waals surface area (Å²) in [5.41, 5.74) is 22.7. The lowest BCUT2D eigenvalue weighted by Gasteiger charge is -2.39. The Morgan fingerprint density at radius 3 is 1.73 bits per heavy atom. The molecule has 2 aliphatic rings. The summed E-state index contributed by atoms with van der Waals surface area (Å²) in [4.78, 5) is 2.56. The quantitative estimate of drug-likeness (QED) is 0.165. The maximum Gasteiger partial charge on any atom is 0.375 e. The molecule has 71 heavy (non-hydrogen) atoms. The molecule has 0 fully saturated rings. The Morgan fingerprint density at radius 1 is 0.437 bits per heavy atom. The third-order valence-corrected chi connectivity index (χ3v) is 15.9. The molecule has 8 aromatic carbocycles. The molecule has 0 aliphatic carbocycles. The van der Waals surface area contributed by atoms with Crippen LogP contribution in [0, 0.1) is 0 Å². The summed E-state index contributed by atoms with van der Waals surface area (Å²) in [6.07, 6.45) is 0. The van der Waals surface area contributed by atoms with Crippen LogP contribution in [0.4, 0.5) is 17.1 Å². The van der Waals surface area contributed by atoms with Gasteiger partial charge >= 0.3 is 6.85 Å². The molecule has 11 aromatic rings. The number of benzene rings is 8. The van der Waals surface area contributed by atoms with Crippen molar-refractivity contribution in [2.75, 3.05) is 4.90 Å². The van der Waals surface area contributed by atoms with Crippen molar-refractivity contribution >= 4 is 89.6 Å². The van der Waals surface area contributed by atoms with E-state index in [1.807, 2.05) is 0 Å². The van der Waals surface area contributed by atoms with E-state index in [0.717, 1.165) is 33.7 Å². The van der Waals surface area contributed by atoms with Gasteiger partial charge in [0, 0.05) is 60.6 Å². The maximum atomic E-state index is 7.52. The first-order chi connectivity index (χ1) is 33.8. The smallest absolute Gasteiger partial charge is 0.375 e. The van der Waals surface area contributed by atoms with E-state index in [9.17, 15) is 0 Å². The Hall–Kier alpha value is -7.24. The molecule has 0 spiro atoms. The summed E-state index contributed by atoms with van der Waals surface area (Å²) in [5.74, 6) is 0. The molecule has 0 amide bonds. The largest absolute Gasteiger partial charge is 0.466 e. The van der Waals surface area contributed by atoms with E-state index in [1.165, 1.54) is 99.3 Å². The third-order valence-electron chi connectivity index (χ3n) is 15.9.